The van der Waals surface area contributed by atoms with Crippen molar-refractivity contribution in [3.63, 3.8) is 0 Å². The summed E-state index contributed by atoms with van der Waals surface area (Å²) in [6.07, 6.45) is 1.72. The molecule has 0 amide bonds. The monoisotopic (exact) mass is 462 g/mol. The summed E-state index contributed by atoms with van der Waals surface area (Å²) < 4.78 is 16.6. The highest BCUT2D eigenvalue weighted by Crippen LogP contribution is 2.38. The lowest BCUT2D eigenvalue weighted by molar-refractivity contribution is 0.0734. The van der Waals surface area contributed by atoms with Crippen LogP contribution in [-0.2, 0) is 0 Å². The van der Waals surface area contributed by atoms with Crippen LogP contribution in [0.5, 0.6) is 17.2 Å². The van der Waals surface area contributed by atoms with Gasteiger partial charge >= 0.3 is 5.97 Å². The molecule has 0 N–H and O–H groups in total. The Kier molecular flexibility index (Phi) is 5.90. The Hall–Kier alpha value is -4.64. The van der Waals surface area contributed by atoms with Crippen LogP contribution in [0.1, 0.15) is 31.8 Å². The fourth-order valence-electron chi connectivity index (χ4n) is 4.01. The summed E-state index contributed by atoms with van der Waals surface area (Å²) in [6.45, 7) is 1.79. The Bertz CT molecular complexity index is 1450. The second-order valence-corrected chi connectivity index (χ2v) is 8.16. The summed E-state index contributed by atoms with van der Waals surface area (Å²) in [6, 6.07) is 27.9. The van der Waals surface area contributed by atoms with E-state index in [4.69, 9.17) is 14.2 Å². The van der Waals surface area contributed by atoms with E-state index >= 15 is 0 Å². The SMILES string of the molecule is COc1cccc(C(=O)Oc2cc(C)c3c(c2)O/C(=C\c2ccc(-c4ccccc4)cc2)C3=O)c1. The highest BCUT2D eigenvalue weighted by molar-refractivity contribution is 6.15. The van der Waals surface area contributed by atoms with E-state index < -0.39 is 5.97 Å². The Balaban J connectivity index is 1.36. The van der Waals surface area contributed by atoms with E-state index in [9.17, 15) is 9.59 Å². The van der Waals surface area contributed by atoms with Gasteiger partial charge in [-0.15, -0.1) is 0 Å². The third-order valence-corrected chi connectivity index (χ3v) is 5.78. The second kappa shape index (κ2) is 9.31. The van der Waals surface area contributed by atoms with Gasteiger partial charge in [0.2, 0.25) is 5.78 Å². The maximum Gasteiger partial charge on any atom is 0.343 e. The molecule has 5 nitrogen and oxygen atoms in total. The van der Waals surface area contributed by atoms with Crippen molar-refractivity contribution in [2.75, 3.05) is 7.11 Å². The lowest BCUT2D eigenvalue weighted by Gasteiger charge is -2.08. The molecule has 4 aromatic carbocycles. The van der Waals surface area contributed by atoms with Crippen LogP contribution < -0.4 is 14.2 Å². The highest BCUT2D eigenvalue weighted by Gasteiger charge is 2.30. The molecular weight excluding hydrogens is 440 g/mol. The molecule has 5 rings (SSSR count). The van der Waals surface area contributed by atoms with Crippen molar-refractivity contribution < 1.29 is 23.8 Å². The topological polar surface area (TPSA) is 61.8 Å². The Morgan fingerprint density at radius 2 is 1.57 bits per heavy atom. The second-order valence-electron chi connectivity index (χ2n) is 8.16. The molecule has 0 bridgehead atoms. The molecule has 0 atom stereocenters. The van der Waals surface area contributed by atoms with Crippen LogP contribution in [0.2, 0.25) is 0 Å². The van der Waals surface area contributed by atoms with Crippen molar-refractivity contribution in [1.82, 2.24) is 0 Å². The first kappa shape index (κ1) is 22.2. The fourth-order valence-corrected chi connectivity index (χ4v) is 4.01. The average molecular weight is 463 g/mol. The largest absolute Gasteiger partial charge is 0.497 e. The Morgan fingerprint density at radius 3 is 2.31 bits per heavy atom. The third-order valence-electron chi connectivity index (χ3n) is 5.78. The number of aryl methyl sites for hydroxylation is 1. The molecule has 35 heavy (non-hydrogen) atoms. The Labute approximate surface area is 203 Å². The number of hydrogen-bond acceptors (Lipinski definition) is 5. The van der Waals surface area contributed by atoms with Crippen molar-refractivity contribution in [3.8, 4) is 28.4 Å². The standard InChI is InChI=1S/C30H22O5/c1-19-15-25(34-30(32)23-9-6-10-24(17-23)33-2)18-26-28(19)29(31)27(35-26)16-20-11-13-22(14-12-20)21-7-4-3-5-8-21/h3-18H,1-2H3/b27-16-. The maximum atomic E-state index is 13.0. The molecule has 0 fully saturated rings. The van der Waals surface area contributed by atoms with Crippen molar-refractivity contribution in [1.29, 1.82) is 0 Å². The van der Waals surface area contributed by atoms with E-state index in [-0.39, 0.29) is 11.5 Å². The number of rotatable bonds is 5. The van der Waals surface area contributed by atoms with Gasteiger partial charge in [-0.3, -0.25) is 4.79 Å². The van der Waals surface area contributed by atoms with Gasteiger partial charge < -0.3 is 14.2 Å². The molecule has 0 aromatic heterocycles. The van der Waals surface area contributed by atoms with Gasteiger partial charge in [0.05, 0.1) is 18.2 Å². The van der Waals surface area contributed by atoms with Gasteiger partial charge in [0.25, 0.3) is 0 Å². The van der Waals surface area contributed by atoms with Crippen LogP contribution in [0, 0.1) is 6.92 Å². The molecule has 0 saturated carbocycles. The zero-order chi connectivity index (χ0) is 24.4. The molecule has 0 aliphatic carbocycles. The van der Waals surface area contributed by atoms with E-state index in [1.807, 2.05) is 42.5 Å². The number of ether oxygens (including phenoxy) is 3. The molecule has 0 saturated heterocycles. The first-order valence-electron chi connectivity index (χ1n) is 11.1. The average Bonchev–Trinajstić information content (AvgIpc) is 3.20. The molecular formula is C30H22O5. The molecule has 0 radical (unpaired) electrons. The Morgan fingerprint density at radius 1 is 0.829 bits per heavy atom. The number of carbonyl (C=O) groups is 2. The predicted octanol–water partition coefficient (Wildman–Crippen LogP) is 6.51. The zero-order valence-electron chi connectivity index (χ0n) is 19.3. The number of hydrogen-bond donors (Lipinski definition) is 0. The van der Waals surface area contributed by atoms with Crippen molar-refractivity contribution in [2.24, 2.45) is 0 Å². The van der Waals surface area contributed by atoms with Crippen LogP contribution in [-0.4, -0.2) is 18.9 Å². The van der Waals surface area contributed by atoms with Crippen molar-refractivity contribution in [3.05, 3.63) is 119 Å². The highest BCUT2D eigenvalue weighted by atomic mass is 16.5. The first-order valence-corrected chi connectivity index (χ1v) is 11.1. The van der Waals surface area contributed by atoms with Crippen LogP contribution in [0.3, 0.4) is 0 Å². The molecule has 0 spiro atoms. The normalized spacial score (nSPS) is 13.3. The number of esters is 1. The van der Waals surface area contributed by atoms with Crippen LogP contribution in [0.25, 0.3) is 17.2 Å². The minimum Gasteiger partial charge on any atom is -0.497 e. The number of allylic oxidation sites excluding steroid dienone is 1. The third kappa shape index (κ3) is 4.57. The van der Waals surface area contributed by atoms with Crippen LogP contribution >= 0.6 is 0 Å². The van der Waals surface area contributed by atoms with Gasteiger partial charge in [-0.2, -0.15) is 0 Å². The molecule has 4 aromatic rings. The number of methoxy groups -OCH3 is 1. The lowest BCUT2D eigenvalue weighted by Crippen LogP contribution is -2.09. The van der Waals surface area contributed by atoms with Gasteiger partial charge in [0.15, 0.2) is 5.76 Å². The van der Waals surface area contributed by atoms with Gasteiger partial charge in [0, 0.05) is 6.07 Å². The van der Waals surface area contributed by atoms with Crippen LogP contribution in [0.15, 0.2) is 96.8 Å². The van der Waals surface area contributed by atoms with Gasteiger partial charge in [-0.1, -0.05) is 60.7 Å². The lowest BCUT2D eigenvalue weighted by atomic mass is 10.0. The molecule has 1 aliphatic heterocycles. The molecule has 5 heteroatoms. The van der Waals surface area contributed by atoms with E-state index in [1.165, 1.54) is 7.11 Å². The maximum absolute atomic E-state index is 13.0. The quantitative estimate of drug-likeness (QED) is 0.192. The van der Waals surface area contributed by atoms with E-state index in [0.717, 1.165) is 16.7 Å². The minimum atomic E-state index is -0.526. The van der Waals surface area contributed by atoms with Gasteiger partial charge in [0.1, 0.15) is 17.2 Å². The van der Waals surface area contributed by atoms with Crippen molar-refractivity contribution >= 4 is 17.8 Å². The minimum absolute atomic E-state index is 0.199. The fraction of sp³-hybridized carbons (Fsp3) is 0.0667. The number of Topliss-reactive ketones (excluding diaryl/α,β-unsaturated/α-hetero) is 1. The number of carbonyl (C=O) groups excluding carboxylic acids is 2. The summed E-state index contributed by atoms with van der Waals surface area (Å²) in [4.78, 5) is 25.6. The summed E-state index contributed by atoms with van der Waals surface area (Å²) in [5.74, 6) is 0.736. The number of ketones is 1. The molecule has 0 unspecified atom stereocenters. The number of fused-ring (bicyclic) bond motifs is 1. The summed E-state index contributed by atoms with van der Waals surface area (Å²) in [7, 11) is 1.53. The van der Waals surface area contributed by atoms with E-state index in [1.54, 1.807) is 49.4 Å². The van der Waals surface area contributed by atoms with E-state index in [2.05, 4.69) is 12.1 Å². The molecule has 1 aliphatic rings. The van der Waals surface area contributed by atoms with Crippen molar-refractivity contribution in [2.45, 2.75) is 6.92 Å². The molecule has 1 heterocycles. The summed E-state index contributed by atoms with van der Waals surface area (Å²) in [5.41, 5.74) is 4.57. The molecule has 172 valence electrons. The predicted molar refractivity (Wildman–Crippen MR) is 134 cm³/mol. The summed E-state index contributed by atoms with van der Waals surface area (Å²) in [5, 5.41) is 0. The van der Waals surface area contributed by atoms with Gasteiger partial charge in [-0.25, -0.2) is 4.79 Å². The summed E-state index contributed by atoms with van der Waals surface area (Å²) >= 11 is 0. The van der Waals surface area contributed by atoms with Gasteiger partial charge in [-0.05, 0) is 59.5 Å². The van der Waals surface area contributed by atoms with Crippen LogP contribution in [0.4, 0.5) is 0 Å². The zero-order valence-corrected chi connectivity index (χ0v) is 19.3. The first-order chi connectivity index (χ1) is 17.0. The smallest absolute Gasteiger partial charge is 0.343 e. The number of benzene rings is 4. The van der Waals surface area contributed by atoms with E-state index in [0.29, 0.717) is 33.9 Å².